The van der Waals surface area contributed by atoms with Crippen LogP contribution in [0.1, 0.15) is 19.8 Å². The predicted molar refractivity (Wildman–Crippen MR) is 46.3 cm³/mol. The van der Waals surface area contributed by atoms with Gasteiger partial charge in [0, 0.05) is 18.6 Å². The van der Waals surface area contributed by atoms with Crippen molar-refractivity contribution in [1.82, 2.24) is 4.90 Å². The lowest BCUT2D eigenvalue weighted by atomic mass is 9.68. The van der Waals surface area contributed by atoms with E-state index in [9.17, 15) is 0 Å². The Labute approximate surface area is 68.7 Å². The van der Waals surface area contributed by atoms with Gasteiger partial charge in [-0.1, -0.05) is 6.92 Å². The van der Waals surface area contributed by atoms with Gasteiger partial charge in [-0.15, -0.1) is 0 Å². The normalized spacial score (nSPS) is 50.5. The Morgan fingerprint density at radius 3 is 2.73 bits per heavy atom. The Morgan fingerprint density at radius 2 is 2.27 bits per heavy atom. The van der Waals surface area contributed by atoms with Gasteiger partial charge in [-0.05, 0) is 31.7 Å². The summed E-state index contributed by atoms with van der Waals surface area (Å²) in [6.07, 6.45) is 2.54. The summed E-state index contributed by atoms with van der Waals surface area (Å²) < 4.78 is 0. The maximum absolute atomic E-state index is 5.97. The number of hydrogen-bond acceptors (Lipinski definition) is 2. The van der Waals surface area contributed by atoms with Crippen LogP contribution >= 0.6 is 0 Å². The average Bonchev–Trinajstić information content (AvgIpc) is 2.22. The summed E-state index contributed by atoms with van der Waals surface area (Å²) in [5.41, 5.74) is 5.97. The first-order chi connectivity index (χ1) is 5.24. The van der Waals surface area contributed by atoms with Crippen LogP contribution in [0.5, 0.6) is 0 Å². The molecule has 1 saturated carbocycles. The van der Waals surface area contributed by atoms with Crippen molar-refractivity contribution in [2.45, 2.75) is 31.8 Å². The average molecular weight is 154 g/mol. The van der Waals surface area contributed by atoms with Gasteiger partial charge >= 0.3 is 0 Å². The van der Waals surface area contributed by atoms with Gasteiger partial charge in [0.25, 0.3) is 0 Å². The molecule has 4 atom stereocenters. The molecule has 0 unspecified atom stereocenters. The van der Waals surface area contributed by atoms with Crippen molar-refractivity contribution in [3.63, 3.8) is 0 Å². The molecule has 1 aliphatic heterocycles. The van der Waals surface area contributed by atoms with Gasteiger partial charge in [0.15, 0.2) is 0 Å². The van der Waals surface area contributed by atoms with Crippen molar-refractivity contribution in [3.05, 3.63) is 0 Å². The van der Waals surface area contributed by atoms with E-state index in [1.54, 1.807) is 0 Å². The summed E-state index contributed by atoms with van der Waals surface area (Å²) in [6, 6.07) is 1.29. The molecule has 2 rings (SSSR count). The van der Waals surface area contributed by atoms with Gasteiger partial charge in [0.1, 0.15) is 0 Å². The molecule has 0 bridgehead atoms. The first-order valence-corrected chi connectivity index (χ1v) is 4.70. The van der Waals surface area contributed by atoms with E-state index in [1.165, 1.54) is 19.4 Å². The third kappa shape index (κ3) is 0.926. The number of rotatable bonds is 1. The molecule has 1 saturated heterocycles. The Kier molecular flexibility index (Phi) is 1.69. The number of likely N-dealkylation sites (tertiary alicyclic amines) is 1. The summed E-state index contributed by atoms with van der Waals surface area (Å²) in [5.74, 6) is 1.75. The van der Waals surface area contributed by atoms with Crippen LogP contribution in [0.15, 0.2) is 0 Å². The van der Waals surface area contributed by atoms with Crippen molar-refractivity contribution in [2.24, 2.45) is 17.6 Å². The molecule has 11 heavy (non-hydrogen) atoms. The minimum absolute atomic E-state index is 0.509. The molecular formula is C9H18N2. The molecule has 1 heterocycles. The van der Waals surface area contributed by atoms with Crippen LogP contribution in [0, 0.1) is 11.8 Å². The fourth-order valence-corrected chi connectivity index (χ4v) is 3.00. The molecule has 2 nitrogen and oxygen atoms in total. The Bertz CT molecular complexity index is 154. The van der Waals surface area contributed by atoms with E-state index in [1.807, 2.05) is 0 Å². The van der Waals surface area contributed by atoms with E-state index in [-0.39, 0.29) is 0 Å². The molecule has 0 aromatic heterocycles. The molecule has 2 N–H and O–H groups in total. The quantitative estimate of drug-likeness (QED) is 0.601. The van der Waals surface area contributed by atoms with Gasteiger partial charge in [-0.25, -0.2) is 0 Å². The van der Waals surface area contributed by atoms with Crippen LogP contribution in [0.4, 0.5) is 0 Å². The van der Waals surface area contributed by atoms with Crippen LogP contribution in [-0.4, -0.2) is 30.6 Å². The molecule has 0 aromatic carbocycles. The van der Waals surface area contributed by atoms with E-state index in [2.05, 4.69) is 18.9 Å². The van der Waals surface area contributed by atoms with Crippen molar-refractivity contribution < 1.29 is 0 Å². The zero-order chi connectivity index (χ0) is 8.01. The smallest absolute Gasteiger partial charge is 0.0136 e. The molecule has 0 spiro atoms. The Hall–Kier alpha value is -0.0800. The molecule has 0 aromatic rings. The minimum Gasteiger partial charge on any atom is -0.327 e. The van der Waals surface area contributed by atoms with Crippen LogP contribution in [-0.2, 0) is 0 Å². The first-order valence-electron chi connectivity index (χ1n) is 4.70. The molecule has 0 radical (unpaired) electrons. The third-order valence-electron chi connectivity index (χ3n) is 3.56. The third-order valence-corrected chi connectivity index (χ3v) is 3.56. The van der Waals surface area contributed by atoms with Crippen LogP contribution < -0.4 is 5.73 Å². The summed E-state index contributed by atoms with van der Waals surface area (Å²) in [7, 11) is 2.24. The largest absolute Gasteiger partial charge is 0.327 e. The van der Waals surface area contributed by atoms with Gasteiger partial charge < -0.3 is 10.6 Å². The molecular weight excluding hydrogens is 136 g/mol. The van der Waals surface area contributed by atoms with E-state index >= 15 is 0 Å². The number of hydrogen-bond donors (Lipinski definition) is 1. The maximum atomic E-state index is 5.97. The van der Waals surface area contributed by atoms with Crippen molar-refractivity contribution in [1.29, 1.82) is 0 Å². The molecule has 2 aliphatic rings. The molecule has 1 aliphatic carbocycles. The summed E-state index contributed by atoms with van der Waals surface area (Å²) in [4.78, 5) is 2.49. The van der Waals surface area contributed by atoms with E-state index in [4.69, 9.17) is 5.73 Å². The highest BCUT2D eigenvalue weighted by atomic mass is 15.2. The first kappa shape index (κ1) is 7.56. The lowest BCUT2D eigenvalue weighted by molar-refractivity contribution is 0.152. The zero-order valence-corrected chi connectivity index (χ0v) is 7.46. The Morgan fingerprint density at radius 1 is 1.55 bits per heavy atom. The highest BCUT2D eigenvalue weighted by molar-refractivity contribution is 5.04. The minimum atomic E-state index is 0.509. The van der Waals surface area contributed by atoms with E-state index < -0.39 is 0 Å². The monoisotopic (exact) mass is 154 g/mol. The lowest BCUT2D eigenvalue weighted by Gasteiger charge is -2.40. The summed E-state index contributed by atoms with van der Waals surface area (Å²) >= 11 is 0. The lowest BCUT2D eigenvalue weighted by Crippen LogP contribution is -2.49. The SMILES string of the molecule is CC[C@@H]1[C@H]2[C@H](C[C@H]2N)CN1C. The number of fused-ring (bicyclic) bond motifs is 1. The number of nitrogens with zero attached hydrogens (tertiary/aromatic N) is 1. The van der Waals surface area contributed by atoms with Crippen LogP contribution in [0.3, 0.4) is 0 Å². The second-order valence-corrected chi connectivity index (χ2v) is 4.15. The fourth-order valence-electron chi connectivity index (χ4n) is 3.00. The van der Waals surface area contributed by atoms with Crippen LogP contribution in [0.25, 0.3) is 0 Å². The summed E-state index contributed by atoms with van der Waals surface area (Å²) in [5, 5.41) is 0. The molecule has 2 heteroatoms. The maximum Gasteiger partial charge on any atom is 0.0136 e. The highest BCUT2D eigenvalue weighted by Crippen LogP contribution is 2.44. The summed E-state index contributed by atoms with van der Waals surface area (Å²) in [6.45, 7) is 3.56. The highest BCUT2D eigenvalue weighted by Gasteiger charge is 2.49. The van der Waals surface area contributed by atoms with E-state index in [0.717, 1.165) is 17.9 Å². The topological polar surface area (TPSA) is 29.3 Å². The predicted octanol–water partition coefficient (Wildman–Crippen LogP) is 0.674. The Balaban J connectivity index is 2.07. The van der Waals surface area contributed by atoms with Crippen LogP contribution in [0.2, 0.25) is 0 Å². The second kappa shape index (κ2) is 2.46. The van der Waals surface area contributed by atoms with Gasteiger partial charge in [-0.3, -0.25) is 0 Å². The zero-order valence-electron chi connectivity index (χ0n) is 7.46. The van der Waals surface area contributed by atoms with Gasteiger partial charge in [0.05, 0.1) is 0 Å². The van der Waals surface area contributed by atoms with Gasteiger partial charge in [-0.2, -0.15) is 0 Å². The van der Waals surface area contributed by atoms with Gasteiger partial charge in [0.2, 0.25) is 0 Å². The molecule has 2 fully saturated rings. The second-order valence-electron chi connectivity index (χ2n) is 4.15. The van der Waals surface area contributed by atoms with Crippen molar-refractivity contribution >= 4 is 0 Å². The van der Waals surface area contributed by atoms with Crippen molar-refractivity contribution in [3.8, 4) is 0 Å². The molecule has 64 valence electrons. The number of nitrogens with two attached hydrogens (primary N) is 1. The molecule has 0 amide bonds. The fraction of sp³-hybridized carbons (Fsp3) is 1.00. The standard InChI is InChI=1S/C9H18N2/c1-3-8-9-6(4-7(9)10)5-11(8)2/h6-9H,3-5,10H2,1-2H3/t6-,7-,8-,9+/m1/s1. The van der Waals surface area contributed by atoms with E-state index in [0.29, 0.717) is 6.04 Å². The van der Waals surface area contributed by atoms with Crippen molar-refractivity contribution in [2.75, 3.05) is 13.6 Å².